The van der Waals surface area contributed by atoms with Crippen LogP contribution in [0.5, 0.6) is 0 Å². The van der Waals surface area contributed by atoms with Crippen molar-refractivity contribution in [2.45, 2.75) is 135 Å². The van der Waals surface area contributed by atoms with Crippen LogP contribution < -0.4 is 16.0 Å². The fourth-order valence-electron chi connectivity index (χ4n) is 11.2. The highest BCUT2D eigenvalue weighted by atomic mass is 16.6. The van der Waals surface area contributed by atoms with Crippen molar-refractivity contribution in [1.29, 1.82) is 0 Å². The molecule has 412 valence electrons. The molecule has 11 atom stereocenters. The molecule has 1 saturated heterocycles. The third kappa shape index (κ3) is 11.5. The minimum absolute atomic E-state index is 0.0106. The van der Waals surface area contributed by atoms with Gasteiger partial charge in [0.25, 0.3) is 5.91 Å². The number of hydrogen-bond acceptors (Lipinski definition) is 18. The zero-order chi connectivity index (χ0) is 56.4. The number of esters is 5. The summed E-state index contributed by atoms with van der Waals surface area (Å²) < 4.78 is 41.8. The lowest BCUT2D eigenvalue weighted by Crippen LogP contribution is -2.82. The number of aliphatic hydroxyl groups is 2. The maximum absolute atomic E-state index is 15.8. The molecule has 2 bridgehead atoms. The molecule has 3 aromatic carbocycles. The average Bonchev–Trinajstić information content (AvgIpc) is 3.57. The molecule has 21 nitrogen and oxygen atoms in total. The minimum Gasteiger partial charge on any atom is -0.455 e. The van der Waals surface area contributed by atoms with Crippen molar-refractivity contribution >= 4 is 53.5 Å². The molecular weight excluding hydrogens is 1000 g/mol. The third-order valence-electron chi connectivity index (χ3n) is 14.9. The number of hydrogen-bond donors (Lipinski definition) is 5. The number of carbonyl (C=O) groups excluding carboxylic acids is 9. The van der Waals surface area contributed by atoms with E-state index < -0.39 is 149 Å². The Hall–Kier alpha value is -7.49. The second-order valence-electron chi connectivity index (χ2n) is 21.5. The summed E-state index contributed by atoms with van der Waals surface area (Å²) in [4.78, 5) is 125. The summed E-state index contributed by atoms with van der Waals surface area (Å²) in [5.41, 5.74) is -8.84. The van der Waals surface area contributed by atoms with Crippen LogP contribution in [0.3, 0.4) is 0 Å². The van der Waals surface area contributed by atoms with E-state index in [9.17, 15) is 43.8 Å². The maximum atomic E-state index is 15.8. The molecule has 3 amide bonds. The fourth-order valence-corrected chi connectivity index (χ4v) is 11.2. The molecule has 21 heteroatoms. The topological polar surface area (TPSA) is 295 Å². The average molecular weight is 1070 g/mol. The first kappa shape index (κ1) is 57.2. The summed E-state index contributed by atoms with van der Waals surface area (Å²) in [5.74, 6) is -9.49. The lowest BCUT2D eigenvalue weighted by molar-refractivity contribution is -0.346. The molecule has 5 N–H and O–H groups in total. The number of amides is 3. The van der Waals surface area contributed by atoms with Crippen LogP contribution in [0.15, 0.2) is 102 Å². The highest BCUT2D eigenvalue weighted by Crippen LogP contribution is 2.64. The molecule has 2 saturated carbocycles. The van der Waals surface area contributed by atoms with Crippen LogP contribution in [0.2, 0.25) is 0 Å². The molecule has 77 heavy (non-hydrogen) atoms. The molecule has 4 aliphatic rings. The first-order valence-electron chi connectivity index (χ1n) is 25.1. The lowest BCUT2D eigenvalue weighted by atomic mass is 9.44. The van der Waals surface area contributed by atoms with E-state index in [1.165, 1.54) is 64.1 Å². The van der Waals surface area contributed by atoms with Crippen LogP contribution in [0.25, 0.3) is 0 Å². The lowest BCUT2D eigenvalue weighted by Gasteiger charge is -2.67. The normalized spacial score (nSPS) is 27.9. The van der Waals surface area contributed by atoms with Gasteiger partial charge in [0.15, 0.2) is 17.5 Å². The second kappa shape index (κ2) is 22.2. The highest BCUT2D eigenvalue weighted by molar-refractivity contribution is 5.97. The van der Waals surface area contributed by atoms with Gasteiger partial charge in [0.05, 0.1) is 29.6 Å². The summed E-state index contributed by atoms with van der Waals surface area (Å²) in [6.07, 6.45) is -12.2. The molecular formula is C56H65N3O18. The predicted octanol–water partition coefficient (Wildman–Crippen LogP) is 3.93. The number of carbonyl (C=O) groups is 9. The van der Waals surface area contributed by atoms with Crippen molar-refractivity contribution in [2.75, 3.05) is 19.7 Å². The number of rotatable bonds is 15. The zero-order valence-corrected chi connectivity index (χ0v) is 44.2. The minimum atomic E-state index is -2.53. The van der Waals surface area contributed by atoms with Crippen molar-refractivity contribution in [2.24, 2.45) is 16.7 Å². The van der Waals surface area contributed by atoms with Crippen LogP contribution in [-0.2, 0) is 61.9 Å². The molecule has 3 fully saturated rings. The number of ketones is 1. The van der Waals surface area contributed by atoms with Crippen molar-refractivity contribution < 1.29 is 86.5 Å². The van der Waals surface area contributed by atoms with E-state index in [0.717, 1.165) is 13.8 Å². The van der Waals surface area contributed by atoms with Gasteiger partial charge in [-0.2, -0.15) is 0 Å². The van der Waals surface area contributed by atoms with Gasteiger partial charge >= 0.3 is 35.9 Å². The van der Waals surface area contributed by atoms with Crippen molar-refractivity contribution in [3.8, 4) is 0 Å². The van der Waals surface area contributed by atoms with Gasteiger partial charge in [0.1, 0.15) is 48.6 Å². The number of benzene rings is 3. The first-order chi connectivity index (χ1) is 36.1. The predicted molar refractivity (Wildman–Crippen MR) is 269 cm³/mol. The molecule has 0 aromatic heterocycles. The number of fused-ring (bicyclic) bond motifs is 5. The Morgan fingerprint density at radius 3 is 1.95 bits per heavy atom. The Morgan fingerprint density at radius 2 is 1.39 bits per heavy atom. The van der Waals surface area contributed by atoms with E-state index in [1.807, 2.05) is 0 Å². The van der Waals surface area contributed by atoms with Gasteiger partial charge in [-0.15, -0.1) is 0 Å². The summed E-state index contributed by atoms with van der Waals surface area (Å²) >= 11 is 0. The van der Waals surface area contributed by atoms with Gasteiger partial charge in [-0.3, -0.25) is 28.8 Å². The SMILES string of the molecule is CC(=O)O[C@H]1C(=O)[C@@]2(C)C([C@H](OC(=O)c3ccccc3)[C@]3(O)C[C@H](OC(=O)[C@H](OC(=O)CNC(=O)CNC(=O)OC(C)(C)C)[C@@H](NC(=O)c4ccccc4)c4ccccc4)C(C)=C1C3(C)C)[C@]1(OC(C)=O)CO[C@@H]1C[C@@H]2O. The van der Waals surface area contributed by atoms with Crippen LogP contribution in [0, 0.1) is 16.7 Å². The fraction of sp³-hybridized carbons (Fsp3) is 0.482. The number of Topliss-reactive ketones (excluding diaryl/α,β-unsaturated/α-hetero) is 1. The van der Waals surface area contributed by atoms with Crippen LogP contribution in [0.1, 0.15) is 107 Å². The van der Waals surface area contributed by atoms with Crippen molar-refractivity contribution in [1.82, 2.24) is 16.0 Å². The van der Waals surface area contributed by atoms with Gasteiger partial charge in [0, 0.05) is 37.7 Å². The van der Waals surface area contributed by atoms with Crippen LogP contribution >= 0.6 is 0 Å². The first-order valence-corrected chi connectivity index (χ1v) is 25.1. The van der Waals surface area contributed by atoms with Gasteiger partial charge in [-0.25, -0.2) is 14.4 Å². The Labute approximate surface area is 444 Å². The molecule has 1 aliphatic heterocycles. The van der Waals surface area contributed by atoms with Gasteiger partial charge < -0.3 is 59.3 Å². The zero-order valence-electron chi connectivity index (χ0n) is 44.2. The van der Waals surface area contributed by atoms with E-state index >= 15 is 9.59 Å². The molecule has 0 radical (unpaired) electrons. The molecule has 3 aliphatic carbocycles. The van der Waals surface area contributed by atoms with E-state index in [0.29, 0.717) is 0 Å². The van der Waals surface area contributed by atoms with Gasteiger partial charge in [0.2, 0.25) is 12.0 Å². The largest absolute Gasteiger partial charge is 0.455 e. The molecule has 0 spiro atoms. The second-order valence-corrected chi connectivity index (χ2v) is 21.5. The molecule has 3 aromatic rings. The quantitative estimate of drug-likeness (QED) is 0.0818. The third-order valence-corrected chi connectivity index (χ3v) is 14.9. The van der Waals surface area contributed by atoms with E-state index in [4.69, 9.17) is 33.2 Å². The maximum Gasteiger partial charge on any atom is 0.408 e. The van der Waals surface area contributed by atoms with Crippen molar-refractivity contribution in [3.05, 3.63) is 119 Å². The van der Waals surface area contributed by atoms with Crippen molar-refractivity contribution in [3.63, 3.8) is 0 Å². The molecule has 1 unspecified atom stereocenters. The summed E-state index contributed by atoms with van der Waals surface area (Å²) in [5, 5.41) is 33.5. The van der Waals surface area contributed by atoms with E-state index in [1.54, 1.807) is 75.4 Å². The Bertz CT molecular complexity index is 2820. The standard InChI is InChI=1S/C56H65N3O18/c1-30-36(73-50(68)44(74-40(64)28-57-39(63)27-58-51(69)77-52(4,5)6)42(33-19-13-10-14-20-33)59-48(66)34-21-15-11-16-22-34)26-56(70)47(75-49(67)35-23-17-12-18-24-35)45-54(9,37(62)25-38-55(45,29-71-38)76-32(3)61)46(65)43(72-31(2)60)41(30)53(56,7)8/h10-24,36-38,42-45,47,62,70H,25-29H2,1-9H3,(H,57,63)(H,58,69)(H,59,66)/t36-,37-,38+,42-,43+,44+,45?,47-,54+,55-,56+/m0/s1. The summed E-state index contributed by atoms with van der Waals surface area (Å²) in [7, 11) is 0. The highest BCUT2D eigenvalue weighted by Gasteiger charge is 2.78. The van der Waals surface area contributed by atoms with E-state index in [2.05, 4.69) is 16.0 Å². The monoisotopic (exact) mass is 1070 g/mol. The summed E-state index contributed by atoms with van der Waals surface area (Å²) in [6.45, 7) is 11.0. The number of alkyl carbamates (subject to hydrolysis) is 1. The van der Waals surface area contributed by atoms with E-state index in [-0.39, 0.29) is 40.9 Å². The molecule has 7 rings (SSSR count). The number of ether oxygens (including phenoxy) is 7. The number of aliphatic hydroxyl groups excluding tert-OH is 1. The van der Waals surface area contributed by atoms with Crippen LogP contribution in [-0.4, -0.2) is 137 Å². The van der Waals surface area contributed by atoms with Crippen LogP contribution in [0.4, 0.5) is 4.79 Å². The van der Waals surface area contributed by atoms with Gasteiger partial charge in [-0.1, -0.05) is 80.6 Å². The van der Waals surface area contributed by atoms with Gasteiger partial charge in [-0.05, 0) is 75.6 Å². The Kier molecular flexibility index (Phi) is 16.5. The smallest absolute Gasteiger partial charge is 0.408 e. The Balaban J connectivity index is 1.36. The molecule has 1 heterocycles. The number of nitrogens with one attached hydrogen (secondary N) is 3. The summed E-state index contributed by atoms with van der Waals surface area (Å²) in [6, 6.07) is 22.0. The Morgan fingerprint density at radius 1 is 0.792 bits per heavy atom.